The zero-order valence-corrected chi connectivity index (χ0v) is 12.1. The molecule has 3 nitrogen and oxygen atoms in total. The van der Waals surface area contributed by atoms with Crippen LogP contribution in [0.15, 0.2) is 24.3 Å². The zero-order valence-electron chi connectivity index (χ0n) is 11.3. The van der Waals surface area contributed by atoms with Crippen LogP contribution in [0.5, 0.6) is 0 Å². The lowest BCUT2D eigenvalue weighted by Gasteiger charge is -2.17. The van der Waals surface area contributed by atoms with Gasteiger partial charge in [-0.2, -0.15) is 0 Å². The van der Waals surface area contributed by atoms with Gasteiger partial charge in [0.1, 0.15) is 0 Å². The van der Waals surface area contributed by atoms with Gasteiger partial charge in [-0.05, 0) is 43.4 Å². The van der Waals surface area contributed by atoms with E-state index < -0.39 is 6.10 Å². The molecule has 0 bridgehead atoms. The number of benzene rings is 1. The van der Waals surface area contributed by atoms with Crippen molar-refractivity contribution in [1.82, 2.24) is 5.32 Å². The lowest BCUT2D eigenvalue weighted by molar-refractivity contribution is 0.0315. The van der Waals surface area contributed by atoms with Crippen molar-refractivity contribution >= 4 is 11.6 Å². The highest BCUT2D eigenvalue weighted by atomic mass is 35.5. The average molecular weight is 284 g/mol. The Balaban J connectivity index is 1.64. The molecule has 0 radical (unpaired) electrons. The third-order valence-electron chi connectivity index (χ3n) is 3.39. The first-order valence-corrected chi connectivity index (χ1v) is 7.27. The van der Waals surface area contributed by atoms with Crippen LogP contribution in [0.25, 0.3) is 0 Å². The Labute approximate surface area is 119 Å². The van der Waals surface area contributed by atoms with Gasteiger partial charge in [-0.1, -0.05) is 23.7 Å². The van der Waals surface area contributed by atoms with Gasteiger partial charge in [-0.15, -0.1) is 0 Å². The van der Waals surface area contributed by atoms with E-state index in [1.807, 2.05) is 24.3 Å². The summed E-state index contributed by atoms with van der Waals surface area (Å²) >= 11 is 5.85. The molecule has 0 saturated heterocycles. The number of hydrogen-bond acceptors (Lipinski definition) is 3. The molecule has 2 atom stereocenters. The van der Waals surface area contributed by atoms with Gasteiger partial charge >= 0.3 is 0 Å². The third-order valence-corrected chi connectivity index (χ3v) is 3.64. The summed E-state index contributed by atoms with van der Waals surface area (Å²) in [5.74, 6) is 0.744. The minimum Gasteiger partial charge on any atom is -0.389 e. The summed E-state index contributed by atoms with van der Waals surface area (Å²) in [4.78, 5) is 0. The molecule has 0 aliphatic heterocycles. The molecular formula is C15H22ClNO2. The van der Waals surface area contributed by atoms with Crippen molar-refractivity contribution in [3.8, 4) is 0 Å². The Morgan fingerprint density at radius 3 is 2.68 bits per heavy atom. The third kappa shape index (κ3) is 5.49. The van der Waals surface area contributed by atoms with Crippen LogP contribution >= 0.6 is 11.6 Å². The van der Waals surface area contributed by atoms with E-state index in [1.165, 1.54) is 12.8 Å². The summed E-state index contributed by atoms with van der Waals surface area (Å²) in [7, 11) is 0. The van der Waals surface area contributed by atoms with E-state index in [-0.39, 0.29) is 6.04 Å². The van der Waals surface area contributed by atoms with E-state index >= 15 is 0 Å². The van der Waals surface area contributed by atoms with Crippen LogP contribution in [0.1, 0.15) is 31.4 Å². The first-order valence-electron chi connectivity index (χ1n) is 6.90. The molecule has 2 unspecified atom stereocenters. The molecule has 0 heterocycles. The molecule has 0 spiro atoms. The SMILES string of the molecule is CC(NCC(O)COCC1CC1)c1ccc(Cl)cc1. The Hall–Kier alpha value is -0.610. The van der Waals surface area contributed by atoms with Crippen LogP contribution in [0.4, 0.5) is 0 Å². The first kappa shape index (κ1) is 14.8. The molecule has 1 aromatic rings. The standard InChI is InChI=1S/C15H22ClNO2/c1-11(13-4-6-14(16)7-5-13)17-8-15(18)10-19-9-12-2-3-12/h4-7,11-12,15,17-18H,2-3,8-10H2,1H3. The predicted octanol–water partition coefficient (Wildman–Crippen LogP) is 2.78. The van der Waals surface area contributed by atoms with Crippen molar-refractivity contribution in [3.63, 3.8) is 0 Å². The van der Waals surface area contributed by atoms with E-state index in [4.69, 9.17) is 16.3 Å². The molecule has 2 N–H and O–H groups in total. The summed E-state index contributed by atoms with van der Waals surface area (Å²) in [6.07, 6.45) is 2.11. The second-order valence-corrected chi connectivity index (χ2v) is 5.75. The van der Waals surface area contributed by atoms with Crippen molar-refractivity contribution in [2.24, 2.45) is 5.92 Å². The van der Waals surface area contributed by atoms with Crippen molar-refractivity contribution in [2.75, 3.05) is 19.8 Å². The molecule has 0 aromatic heterocycles. The summed E-state index contributed by atoms with van der Waals surface area (Å²) < 4.78 is 5.47. The number of halogens is 1. The van der Waals surface area contributed by atoms with Crippen LogP contribution in [-0.4, -0.2) is 31.0 Å². The van der Waals surface area contributed by atoms with Gasteiger partial charge < -0.3 is 15.2 Å². The highest BCUT2D eigenvalue weighted by molar-refractivity contribution is 6.30. The quantitative estimate of drug-likeness (QED) is 0.771. The topological polar surface area (TPSA) is 41.5 Å². The summed E-state index contributed by atoms with van der Waals surface area (Å²) in [6, 6.07) is 7.94. The molecule has 106 valence electrons. The largest absolute Gasteiger partial charge is 0.389 e. The number of nitrogens with one attached hydrogen (secondary N) is 1. The number of hydrogen-bond donors (Lipinski definition) is 2. The maximum absolute atomic E-state index is 9.81. The fourth-order valence-corrected chi connectivity index (χ4v) is 2.02. The molecule has 4 heteroatoms. The highest BCUT2D eigenvalue weighted by Gasteiger charge is 2.21. The lowest BCUT2D eigenvalue weighted by atomic mass is 10.1. The van der Waals surface area contributed by atoms with E-state index in [2.05, 4.69) is 12.2 Å². The second-order valence-electron chi connectivity index (χ2n) is 5.32. The Morgan fingerprint density at radius 2 is 2.05 bits per heavy atom. The molecule has 1 aliphatic carbocycles. The fourth-order valence-electron chi connectivity index (χ4n) is 1.90. The maximum Gasteiger partial charge on any atom is 0.0897 e. The van der Waals surface area contributed by atoms with Crippen LogP contribution < -0.4 is 5.32 Å². The van der Waals surface area contributed by atoms with Crippen molar-refractivity contribution in [1.29, 1.82) is 0 Å². The number of rotatable bonds is 8. The summed E-state index contributed by atoms with van der Waals surface area (Å²) in [5.41, 5.74) is 1.16. The Kier molecular flexibility index (Phi) is 5.64. The molecule has 1 saturated carbocycles. The summed E-state index contributed by atoms with van der Waals surface area (Å²) in [5, 5.41) is 13.9. The van der Waals surface area contributed by atoms with Gasteiger partial charge in [0, 0.05) is 24.2 Å². The van der Waals surface area contributed by atoms with Crippen LogP contribution in [0.3, 0.4) is 0 Å². The minimum atomic E-state index is -0.450. The number of ether oxygens (including phenoxy) is 1. The van der Waals surface area contributed by atoms with E-state index in [9.17, 15) is 5.11 Å². The lowest BCUT2D eigenvalue weighted by Crippen LogP contribution is -2.32. The smallest absolute Gasteiger partial charge is 0.0897 e. The van der Waals surface area contributed by atoms with Crippen molar-refractivity contribution in [3.05, 3.63) is 34.9 Å². The highest BCUT2D eigenvalue weighted by Crippen LogP contribution is 2.28. The molecule has 19 heavy (non-hydrogen) atoms. The van der Waals surface area contributed by atoms with Gasteiger partial charge in [-0.3, -0.25) is 0 Å². The maximum atomic E-state index is 9.81. The van der Waals surface area contributed by atoms with Gasteiger partial charge in [-0.25, -0.2) is 0 Å². The van der Waals surface area contributed by atoms with E-state index in [0.29, 0.717) is 13.2 Å². The monoisotopic (exact) mass is 283 g/mol. The average Bonchev–Trinajstić information content (AvgIpc) is 3.21. The van der Waals surface area contributed by atoms with E-state index in [0.717, 1.165) is 23.1 Å². The molecule has 1 aliphatic rings. The summed E-state index contributed by atoms with van der Waals surface area (Å²) in [6.45, 7) is 3.82. The molecule has 1 aromatic carbocycles. The molecule has 0 amide bonds. The number of aliphatic hydroxyl groups is 1. The fraction of sp³-hybridized carbons (Fsp3) is 0.600. The van der Waals surface area contributed by atoms with Crippen LogP contribution in [0, 0.1) is 5.92 Å². The Bertz CT molecular complexity index is 378. The minimum absolute atomic E-state index is 0.190. The predicted molar refractivity (Wildman–Crippen MR) is 77.4 cm³/mol. The zero-order chi connectivity index (χ0) is 13.7. The normalized spacial score (nSPS) is 18.3. The van der Waals surface area contributed by atoms with Crippen LogP contribution in [-0.2, 0) is 4.74 Å². The second kappa shape index (κ2) is 7.25. The Morgan fingerprint density at radius 1 is 1.37 bits per heavy atom. The molecule has 2 rings (SSSR count). The molecule has 1 fully saturated rings. The van der Waals surface area contributed by atoms with Crippen molar-refractivity contribution in [2.45, 2.75) is 31.9 Å². The first-order chi connectivity index (χ1) is 9.15. The number of aliphatic hydroxyl groups excluding tert-OH is 1. The van der Waals surface area contributed by atoms with Gasteiger partial charge in [0.05, 0.1) is 12.7 Å². The van der Waals surface area contributed by atoms with Gasteiger partial charge in [0.25, 0.3) is 0 Å². The molecular weight excluding hydrogens is 262 g/mol. The van der Waals surface area contributed by atoms with Gasteiger partial charge in [0.15, 0.2) is 0 Å². The van der Waals surface area contributed by atoms with Crippen LogP contribution in [0.2, 0.25) is 5.02 Å². The van der Waals surface area contributed by atoms with E-state index in [1.54, 1.807) is 0 Å². The van der Waals surface area contributed by atoms with Crippen molar-refractivity contribution < 1.29 is 9.84 Å². The van der Waals surface area contributed by atoms with Gasteiger partial charge in [0.2, 0.25) is 0 Å².